The molecule has 110 valence electrons. The molecule has 0 spiro atoms. The van der Waals surface area contributed by atoms with Gasteiger partial charge in [0, 0.05) is 0 Å². The first-order chi connectivity index (χ1) is 7.68. The van der Waals surface area contributed by atoms with Crippen molar-refractivity contribution in [1.29, 1.82) is 0 Å². The molecule has 1 unspecified atom stereocenters. The molecule has 1 N–H and O–H groups in total. The van der Waals surface area contributed by atoms with Gasteiger partial charge in [0.25, 0.3) is 0 Å². The second kappa shape index (κ2) is 6.24. The summed E-state index contributed by atoms with van der Waals surface area (Å²) in [4.78, 5) is 0. The van der Waals surface area contributed by atoms with Gasteiger partial charge in [0.05, 0.1) is 0 Å². The number of hydrogen-bond donors (Lipinski definition) is 1. The molecule has 1 heterocycles. The Morgan fingerprint density at radius 3 is 1.74 bits per heavy atom. The van der Waals surface area contributed by atoms with Crippen LogP contribution < -0.4 is 28.6 Å². The molecule has 1 saturated heterocycles. The molecule has 0 radical (unpaired) electrons. The van der Waals surface area contributed by atoms with Gasteiger partial charge in [-0.05, 0) is 0 Å². The maximum atomic E-state index is 4.05. The van der Waals surface area contributed by atoms with Gasteiger partial charge in [-0.25, -0.2) is 0 Å². The predicted molar refractivity (Wildman–Crippen MR) is 72.7 cm³/mol. The second-order valence-corrected chi connectivity index (χ2v) is 13.2. The first-order valence-corrected chi connectivity index (χ1v) is 10.6. The van der Waals surface area contributed by atoms with Crippen molar-refractivity contribution in [2.75, 3.05) is 0 Å². The van der Waals surface area contributed by atoms with Crippen molar-refractivity contribution in [2.24, 2.45) is 5.92 Å². The van der Waals surface area contributed by atoms with Crippen LogP contribution in [0.1, 0.15) is 48.5 Å². The Hall–Kier alpha value is 0.734. The molecule has 19 heavy (non-hydrogen) atoms. The number of hydrogen-bond acceptors (Lipinski definition) is 1. The van der Waals surface area contributed by atoms with Crippen molar-refractivity contribution < 1.29 is 41.7 Å². The summed E-state index contributed by atoms with van der Waals surface area (Å²) < 4.78 is 8.90. The molecule has 0 aromatic heterocycles. The SMILES string of the molecule is CC1=C(C)C(C)[C]([Ti+2]2([NH]C(C)(C)C)[CH2][CH2]2)=C1C.[Cl-].[Cl-]. The summed E-state index contributed by atoms with van der Waals surface area (Å²) in [6, 6.07) is 0. The minimum Gasteiger partial charge on any atom is -1.00 e. The zero-order chi connectivity index (χ0) is 13.0. The van der Waals surface area contributed by atoms with Crippen LogP contribution in [0, 0.1) is 5.92 Å². The Bertz CT molecular complexity index is 414. The van der Waals surface area contributed by atoms with Crippen LogP contribution in [0.15, 0.2) is 20.6 Å². The van der Waals surface area contributed by atoms with E-state index in [0.29, 0.717) is 5.92 Å². The third-order valence-electron chi connectivity index (χ3n) is 4.52. The van der Waals surface area contributed by atoms with Crippen molar-refractivity contribution in [3.8, 4) is 0 Å². The molecular formula is C15H27Cl2NTi. The van der Waals surface area contributed by atoms with Crippen LogP contribution in [0.25, 0.3) is 0 Å². The molecule has 4 heteroatoms. The Kier molecular flexibility index (Phi) is 6.48. The van der Waals surface area contributed by atoms with Crippen molar-refractivity contribution in [3.63, 3.8) is 0 Å². The minimum absolute atomic E-state index is 0. The van der Waals surface area contributed by atoms with Crippen LogP contribution in [0.2, 0.25) is 9.45 Å². The Morgan fingerprint density at radius 2 is 1.47 bits per heavy atom. The molecule has 0 saturated carbocycles. The van der Waals surface area contributed by atoms with Crippen LogP contribution in [0.3, 0.4) is 0 Å². The Morgan fingerprint density at radius 1 is 1.00 bits per heavy atom. The summed E-state index contributed by atoms with van der Waals surface area (Å²) in [5.41, 5.74) is 5.10. The molecule has 1 aliphatic heterocycles. The maximum absolute atomic E-state index is 4.05. The molecule has 0 bridgehead atoms. The van der Waals surface area contributed by atoms with E-state index in [1.807, 2.05) is 3.88 Å². The zero-order valence-electron chi connectivity index (χ0n) is 13.2. The van der Waals surface area contributed by atoms with E-state index in [1.54, 1.807) is 16.7 Å². The monoisotopic (exact) mass is 339 g/mol. The van der Waals surface area contributed by atoms with Gasteiger partial charge in [-0.1, -0.05) is 0 Å². The van der Waals surface area contributed by atoms with Crippen molar-refractivity contribution in [2.45, 2.75) is 63.5 Å². The minimum atomic E-state index is -1.83. The third kappa shape index (κ3) is 3.68. The van der Waals surface area contributed by atoms with Gasteiger partial charge in [-0.2, -0.15) is 0 Å². The average molecular weight is 340 g/mol. The van der Waals surface area contributed by atoms with Crippen LogP contribution in [-0.2, 0) is 16.8 Å². The molecule has 0 aromatic rings. The van der Waals surface area contributed by atoms with Gasteiger partial charge in [-0.15, -0.1) is 0 Å². The first-order valence-electron chi connectivity index (χ1n) is 6.86. The van der Waals surface area contributed by atoms with E-state index in [1.165, 1.54) is 9.45 Å². The zero-order valence-corrected chi connectivity index (χ0v) is 16.3. The topological polar surface area (TPSA) is 12.0 Å². The molecule has 2 rings (SSSR count). The van der Waals surface area contributed by atoms with Crippen LogP contribution in [-0.4, -0.2) is 5.54 Å². The fraction of sp³-hybridized carbons (Fsp3) is 0.733. The number of allylic oxidation sites excluding steroid dienone is 4. The van der Waals surface area contributed by atoms with Crippen LogP contribution in [0.4, 0.5) is 0 Å². The van der Waals surface area contributed by atoms with Gasteiger partial charge in [0.2, 0.25) is 0 Å². The Labute approximate surface area is 135 Å². The van der Waals surface area contributed by atoms with E-state index in [2.05, 4.69) is 52.3 Å². The van der Waals surface area contributed by atoms with Crippen molar-refractivity contribution >= 4 is 0 Å². The van der Waals surface area contributed by atoms with E-state index in [9.17, 15) is 0 Å². The predicted octanol–water partition coefficient (Wildman–Crippen LogP) is -1.44. The average Bonchev–Trinajstić information content (AvgIpc) is 2.88. The summed E-state index contributed by atoms with van der Waals surface area (Å²) in [5.74, 6) is 0.715. The molecule has 1 atom stereocenters. The summed E-state index contributed by atoms with van der Waals surface area (Å²) >= 11 is -1.83. The maximum Gasteiger partial charge on any atom is -1.00 e. The molecule has 1 aliphatic carbocycles. The third-order valence-corrected chi connectivity index (χ3v) is 11.7. The van der Waals surface area contributed by atoms with Crippen LogP contribution >= 0.6 is 0 Å². The van der Waals surface area contributed by atoms with Gasteiger partial charge in [-0.3, -0.25) is 0 Å². The van der Waals surface area contributed by atoms with E-state index >= 15 is 0 Å². The van der Waals surface area contributed by atoms with Crippen molar-refractivity contribution in [3.05, 3.63) is 20.6 Å². The van der Waals surface area contributed by atoms with Gasteiger partial charge >= 0.3 is 111 Å². The fourth-order valence-electron chi connectivity index (χ4n) is 3.44. The molecular weight excluding hydrogens is 313 g/mol. The summed E-state index contributed by atoms with van der Waals surface area (Å²) in [7, 11) is 0. The van der Waals surface area contributed by atoms with Crippen molar-refractivity contribution in [1.82, 2.24) is 3.80 Å². The second-order valence-electron chi connectivity index (χ2n) is 7.03. The summed E-state index contributed by atoms with van der Waals surface area (Å²) in [6.07, 6.45) is 0. The normalized spacial score (nSPS) is 23.4. The van der Waals surface area contributed by atoms with Gasteiger partial charge in [0.1, 0.15) is 0 Å². The summed E-state index contributed by atoms with van der Waals surface area (Å²) in [5, 5.41) is 0. The molecule has 2 aliphatic rings. The van der Waals surface area contributed by atoms with Crippen LogP contribution in [0.5, 0.6) is 0 Å². The van der Waals surface area contributed by atoms with E-state index in [4.69, 9.17) is 0 Å². The molecule has 1 nitrogen and oxygen atoms in total. The summed E-state index contributed by atoms with van der Waals surface area (Å²) in [6.45, 7) is 16.4. The number of rotatable bonds is 2. The number of halogens is 2. The fourth-order valence-corrected chi connectivity index (χ4v) is 12.2. The molecule has 0 amide bonds. The number of nitrogens with one attached hydrogen (secondary N) is 1. The van der Waals surface area contributed by atoms with E-state index < -0.39 is 16.8 Å². The molecule has 1 fully saturated rings. The molecule has 0 aromatic carbocycles. The smallest absolute Gasteiger partial charge is 1.00 e. The Balaban J connectivity index is 0.00000162. The first kappa shape index (κ1) is 19.7. The standard InChI is InChI=1S/C9H13.C4H10N.C2H4.2ClH.Ti/c1-6-5-7(2)9(4)8(6)3;1-4(2,3)5;1-2;;;/h6H,1-4H3;5H,1-3H3;1-2H2;2*1H;/q;-1;;;;+3/p-2. The quantitative estimate of drug-likeness (QED) is 0.608. The largest absolute Gasteiger partial charge is 1.00 e. The van der Waals surface area contributed by atoms with Gasteiger partial charge < -0.3 is 24.8 Å². The van der Waals surface area contributed by atoms with Gasteiger partial charge in [0.15, 0.2) is 0 Å². The van der Waals surface area contributed by atoms with E-state index in [-0.39, 0.29) is 30.4 Å². The van der Waals surface area contributed by atoms with E-state index in [0.717, 1.165) is 0 Å².